The van der Waals surface area contributed by atoms with Crippen LogP contribution >= 0.6 is 0 Å². The number of benzene rings is 1. The van der Waals surface area contributed by atoms with Crippen LogP contribution in [-0.2, 0) is 11.3 Å². The van der Waals surface area contributed by atoms with Gasteiger partial charge in [0.1, 0.15) is 5.82 Å². The summed E-state index contributed by atoms with van der Waals surface area (Å²) in [6, 6.07) is 11.9. The fourth-order valence-electron chi connectivity index (χ4n) is 4.47. The molecule has 168 valence electrons. The Morgan fingerprint density at radius 3 is 2.84 bits per heavy atom. The number of pyridine rings is 1. The zero-order chi connectivity index (χ0) is 22.1. The summed E-state index contributed by atoms with van der Waals surface area (Å²) >= 11 is 0. The topological polar surface area (TPSA) is 104 Å². The highest BCUT2D eigenvalue weighted by atomic mass is 16.5. The Kier molecular flexibility index (Phi) is 5.67. The smallest absolute Gasteiger partial charge is 0.254 e. The van der Waals surface area contributed by atoms with E-state index >= 15 is 0 Å². The number of anilines is 3. The molecule has 3 heterocycles. The molecule has 1 saturated carbocycles. The molecule has 1 fully saturated rings. The molecular weight excluding hydrogens is 408 g/mol. The van der Waals surface area contributed by atoms with Gasteiger partial charge in [0, 0.05) is 37.5 Å². The average Bonchev–Trinajstić information content (AvgIpc) is 3.34. The number of carbonyl (C=O) groups is 1. The highest BCUT2D eigenvalue weighted by molar-refractivity contribution is 5.98. The molecule has 5 rings (SSSR count). The largest absolute Gasteiger partial charge is 0.393 e. The molecule has 0 atom stereocenters. The molecule has 0 spiro atoms. The van der Waals surface area contributed by atoms with E-state index in [1.54, 1.807) is 16.5 Å². The Morgan fingerprint density at radius 1 is 1.19 bits per heavy atom. The van der Waals surface area contributed by atoms with E-state index in [2.05, 4.69) is 20.7 Å². The predicted molar refractivity (Wildman–Crippen MR) is 121 cm³/mol. The third-order valence-corrected chi connectivity index (χ3v) is 6.21. The van der Waals surface area contributed by atoms with Crippen molar-refractivity contribution in [1.29, 1.82) is 0 Å². The lowest BCUT2D eigenvalue weighted by molar-refractivity contribution is 0.0719. The van der Waals surface area contributed by atoms with Gasteiger partial charge in [0.05, 0.1) is 12.7 Å². The van der Waals surface area contributed by atoms with Gasteiger partial charge in [-0.3, -0.25) is 4.79 Å². The second-order valence-electron chi connectivity index (χ2n) is 8.48. The number of carbonyl (C=O) groups excluding carboxylic acids is 1. The molecule has 0 saturated heterocycles. The van der Waals surface area contributed by atoms with Crippen LogP contribution in [0.1, 0.15) is 41.6 Å². The van der Waals surface area contributed by atoms with Gasteiger partial charge in [-0.25, -0.2) is 0 Å². The number of rotatable bonds is 7. The fourth-order valence-corrected chi connectivity index (χ4v) is 4.47. The summed E-state index contributed by atoms with van der Waals surface area (Å²) in [5.41, 5.74) is 3.31. The minimum absolute atomic E-state index is 0.0420. The van der Waals surface area contributed by atoms with Crippen molar-refractivity contribution in [2.45, 2.75) is 44.4 Å². The first kappa shape index (κ1) is 20.7. The minimum atomic E-state index is -0.180. The van der Waals surface area contributed by atoms with E-state index in [1.807, 2.05) is 36.4 Å². The Labute approximate surface area is 186 Å². The van der Waals surface area contributed by atoms with Crippen LogP contribution in [0.15, 0.2) is 36.4 Å². The van der Waals surface area contributed by atoms with Gasteiger partial charge >= 0.3 is 0 Å². The third-order valence-electron chi connectivity index (χ3n) is 6.21. The molecule has 2 aromatic heterocycles. The standard InChI is InChI=1S/C23H28N6O3/c1-32-12-11-28-14-15-13-17(7-10-19(15)22(28)31)25-23-26-21-4-2-3-20(29(21)27-23)24-16-5-8-18(30)9-6-16/h2-4,7,10,13,16,18,24,30H,5-6,8-9,11-12,14H2,1H3,(H,25,27)/t16-,18+. The Morgan fingerprint density at radius 2 is 2.03 bits per heavy atom. The highest BCUT2D eigenvalue weighted by Gasteiger charge is 2.27. The van der Waals surface area contributed by atoms with E-state index in [1.165, 1.54) is 0 Å². The summed E-state index contributed by atoms with van der Waals surface area (Å²) < 4.78 is 6.91. The van der Waals surface area contributed by atoms with Crippen LogP contribution in [0.2, 0.25) is 0 Å². The van der Waals surface area contributed by atoms with Crippen molar-refractivity contribution < 1.29 is 14.6 Å². The lowest BCUT2D eigenvalue weighted by Gasteiger charge is -2.26. The Balaban J connectivity index is 1.32. The highest BCUT2D eigenvalue weighted by Crippen LogP contribution is 2.27. The van der Waals surface area contributed by atoms with Crippen molar-refractivity contribution >= 4 is 29.0 Å². The number of aliphatic hydroxyl groups excluding tert-OH is 1. The van der Waals surface area contributed by atoms with E-state index in [9.17, 15) is 9.90 Å². The third kappa shape index (κ3) is 4.13. The van der Waals surface area contributed by atoms with E-state index in [-0.39, 0.29) is 12.0 Å². The second-order valence-corrected chi connectivity index (χ2v) is 8.48. The summed E-state index contributed by atoms with van der Waals surface area (Å²) in [5.74, 6) is 1.43. The van der Waals surface area contributed by atoms with Gasteiger partial charge < -0.3 is 25.4 Å². The number of hydrogen-bond donors (Lipinski definition) is 3. The van der Waals surface area contributed by atoms with Crippen molar-refractivity contribution in [3.8, 4) is 0 Å². The van der Waals surface area contributed by atoms with Crippen molar-refractivity contribution in [2.24, 2.45) is 0 Å². The van der Waals surface area contributed by atoms with Crippen LogP contribution in [0, 0.1) is 0 Å². The normalized spacial score (nSPS) is 20.6. The van der Waals surface area contributed by atoms with Crippen LogP contribution in [0.4, 0.5) is 17.5 Å². The number of hydrogen-bond acceptors (Lipinski definition) is 7. The molecule has 9 heteroatoms. The lowest BCUT2D eigenvalue weighted by Crippen LogP contribution is -2.29. The van der Waals surface area contributed by atoms with Gasteiger partial charge in [0.15, 0.2) is 5.65 Å². The predicted octanol–water partition coefficient (Wildman–Crippen LogP) is 2.79. The average molecular weight is 437 g/mol. The SMILES string of the molecule is COCCN1Cc2cc(Nc3nc4cccc(N[C@H]5CC[C@@H](O)CC5)n4n3)ccc2C1=O. The molecule has 0 bridgehead atoms. The molecule has 1 amide bonds. The van der Waals surface area contributed by atoms with E-state index < -0.39 is 0 Å². The van der Waals surface area contributed by atoms with Gasteiger partial charge in [0.2, 0.25) is 5.95 Å². The quantitative estimate of drug-likeness (QED) is 0.523. The number of amides is 1. The van der Waals surface area contributed by atoms with Crippen LogP contribution in [0.3, 0.4) is 0 Å². The molecular formula is C23H28N6O3. The van der Waals surface area contributed by atoms with Crippen LogP contribution in [-0.4, -0.2) is 62.9 Å². The van der Waals surface area contributed by atoms with Crippen LogP contribution in [0.25, 0.3) is 5.65 Å². The van der Waals surface area contributed by atoms with Gasteiger partial charge in [-0.05, 0) is 61.6 Å². The van der Waals surface area contributed by atoms with Gasteiger partial charge in [-0.15, -0.1) is 5.10 Å². The number of ether oxygens (including phenoxy) is 1. The maximum Gasteiger partial charge on any atom is 0.254 e. The second kappa shape index (κ2) is 8.76. The molecule has 1 aromatic carbocycles. The molecule has 32 heavy (non-hydrogen) atoms. The number of methoxy groups -OCH3 is 1. The molecule has 0 radical (unpaired) electrons. The van der Waals surface area contributed by atoms with E-state index in [4.69, 9.17) is 4.74 Å². The Hall–Kier alpha value is -3.17. The van der Waals surface area contributed by atoms with Crippen molar-refractivity contribution in [2.75, 3.05) is 30.9 Å². The Bertz CT molecular complexity index is 1120. The first-order valence-corrected chi connectivity index (χ1v) is 11.1. The van der Waals surface area contributed by atoms with E-state index in [0.29, 0.717) is 31.7 Å². The summed E-state index contributed by atoms with van der Waals surface area (Å²) in [5, 5.41) is 21.2. The van der Waals surface area contributed by atoms with Crippen molar-refractivity contribution in [3.05, 3.63) is 47.5 Å². The van der Waals surface area contributed by atoms with Crippen molar-refractivity contribution in [3.63, 3.8) is 0 Å². The number of aliphatic hydroxyl groups is 1. The number of nitrogens with one attached hydrogen (secondary N) is 2. The molecule has 3 N–H and O–H groups in total. The zero-order valence-corrected chi connectivity index (χ0v) is 18.1. The molecule has 1 aliphatic carbocycles. The van der Waals surface area contributed by atoms with Crippen LogP contribution in [0.5, 0.6) is 0 Å². The minimum Gasteiger partial charge on any atom is -0.393 e. The number of aromatic nitrogens is 3. The van der Waals surface area contributed by atoms with Gasteiger partial charge in [-0.1, -0.05) is 6.07 Å². The maximum atomic E-state index is 12.5. The summed E-state index contributed by atoms with van der Waals surface area (Å²) in [4.78, 5) is 18.9. The fraction of sp³-hybridized carbons (Fsp3) is 0.435. The molecule has 3 aromatic rings. The van der Waals surface area contributed by atoms with Gasteiger partial charge in [-0.2, -0.15) is 9.50 Å². The van der Waals surface area contributed by atoms with Crippen molar-refractivity contribution in [1.82, 2.24) is 19.5 Å². The number of nitrogens with zero attached hydrogens (tertiary/aromatic N) is 4. The lowest BCUT2D eigenvalue weighted by atomic mass is 9.93. The maximum absolute atomic E-state index is 12.5. The van der Waals surface area contributed by atoms with Gasteiger partial charge in [0.25, 0.3) is 5.91 Å². The monoisotopic (exact) mass is 436 g/mol. The first-order chi connectivity index (χ1) is 15.6. The molecule has 2 aliphatic rings. The van der Waals surface area contributed by atoms with E-state index in [0.717, 1.165) is 54.0 Å². The molecule has 9 nitrogen and oxygen atoms in total. The molecule has 1 aliphatic heterocycles. The first-order valence-electron chi connectivity index (χ1n) is 11.1. The summed E-state index contributed by atoms with van der Waals surface area (Å²) in [6.07, 6.45) is 3.34. The number of fused-ring (bicyclic) bond motifs is 2. The summed E-state index contributed by atoms with van der Waals surface area (Å²) in [7, 11) is 1.64. The zero-order valence-electron chi connectivity index (χ0n) is 18.1. The summed E-state index contributed by atoms with van der Waals surface area (Å²) in [6.45, 7) is 1.68. The molecule has 0 unspecified atom stereocenters. The van der Waals surface area contributed by atoms with Crippen LogP contribution < -0.4 is 10.6 Å².